The number of para-hydroxylation sites is 1. The molecule has 0 fully saturated rings. The van der Waals surface area contributed by atoms with Crippen LogP contribution in [0.4, 0.5) is 5.69 Å². The van der Waals surface area contributed by atoms with Crippen LogP contribution in [0.15, 0.2) is 42.6 Å². The molecule has 1 atom stereocenters. The van der Waals surface area contributed by atoms with Gasteiger partial charge in [0, 0.05) is 25.0 Å². The van der Waals surface area contributed by atoms with Crippen LogP contribution in [0.2, 0.25) is 0 Å². The fraction of sp³-hybridized carbons (Fsp3) is 0.294. The number of anilines is 1. The van der Waals surface area contributed by atoms with Crippen molar-refractivity contribution < 1.29 is 14.3 Å². The van der Waals surface area contributed by atoms with Gasteiger partial charge in [0.05, 0.1) is 0 Å². The van der Waals surface area contributed by atoms with Crippen LogP contribution in [-0.2, 0) is 23.0 Å². The van der Waals surface area contributed by atoms with Crippen LogP contribution in [0.25, 0.3) is 0 Å². The molecule has 1 aromatic heterocycles. The van der Waals surface area contributed by atoms with Crippen LogP contribution in [0.3, 0.4) is 0 Å². The highest BCUT2D eigenvalue weighted by molar-refractivity contribution is 5.98. The topological polar surface area (TPSA) is 51.5 Å². The normalized spacial score (nSPS) is 16.5. The van der Waals surface area contributed by atoms with Crippen molar-refractivity contribution in [1.29, 1.82) is 0 Å². The zero-order chi connectivity index (χ0) is 15.7. The van der Waals surface area contributed by atoms with E-state index in [1.165, 1.54) is 0 Å². The molecule has 3 rings (SSSR count). The number of nitrogens with zero attached hydrogens (tertiary/aromatic N) is 2. The second kappa shape index (κ2) is 5.67. The highest BCUT2D eigenvalue weighted by Crippen LogP contribution is 2.31. The molecule has 5 heteroatoms. The Kier molecular flexibility index (Phi) is 3.71. The van der Waals surface area contributed by atoms with E-state index < -0.39 is 5.97 Å². The maximum atomic E-state index is 12.4. The molecule has 2 aromatic rings. The summed E-state index contributed by atoms with van der Waals surface area (Å²) in [5, 5.41) is 0. The third-order valence-corrected chi connectivity index (χ3v) is 3.96. The average Bonchev–Trinajstić information content (AvgIpc) is 3.06. The molecule has 2 heterocycles. The van der Waals surface area contributed by atoms with Gasteiger partial charge in [0.25, 0.3) is 5.91 Å². The molecule has 1 aliphatic rings. The highest BCUT2D eigenvalue weighted by Gasteiger charge is 2.31. The molecule has 1 amide bonds. The fourth-order valence-electron chi connectivity index (χ4n) is 2.89. The minimum absolute atomic E-state index is 0.0821. The molecule has 114 valence electrons. The summed E-state index contributed by atoms with van der Waals surface area (Å²) >= 11 is 0. The maximum Gasteiger partial charge on any atom is 0.355 e. The Morgan fingerprint density at radius 3 is 2.73 bits per heavy atom. The lowest BCUT2D eigenvalue weighted by atomic mass is 10.1. The van der Waals surface area contributed by atoms with Gasteiger partial charge in [-0.15, -0.1) is 0 Å². The smallest absolute Gasteiger partial charge is 0.355 e. The number of fused-ring (bicyclic) bond motifs is 1. The summed E-state index contributed by atoms with van der Waals surface area (Å²) in [5.41, 5.74) is 2.50. The van der Waals surface area contributed by atoms with Gasteiger partial charge in [0.1, 0.15) is 5.69 Å². The van der Waals surface area contributed by atoms with E-state index in [0.29, 0.717) is 5.69 Å². The standard InChI is InChI=1S/C17H18N2O3/c1-12-10-13-6-3-4-7-14(13)19(12)16(20)11-22-17(21)15-8-5-9-18(15)2/h3-9,12H,10-11H2,1-2H3/t12-/m0/s1. The second-order valence-electron chi connectivity index (χ2n) is 5.53. The third kappa shape index (κ3) is 2.50. The van der Waals surface area contributed by atoms with E-state index in [0.717, 1.165) is 17.7 Å². The fourth-order valence-corrected chi connectivity index (χ4v) is 2.89. The minimum atomic E-state index is -0.485. The number of ether oxygens (including phenoxy) is 1. The monoisotopic (exact) mass is 298 g/mol. The third-order valence-electron chi connectivity index (χ3n) is 3.96. The van der Waals surface area contributed by atoms with E-state index in [9.17, 15) is 9.59 Å². The lowest BCUT2D eigenvalue weighted by Crippen LogP contribution is -2.38. The highest BCUT2D eigenvalue weighted by atomic mass is 16.5. The van der Waals surface area contributed by atoms with Gasteiger partial charge in [0.15, 0.2) is 6.61 Å². The number of amides is 1. The first-order valence-electron chi connectivity index (χ1n) is 7.26. The zero-order valence-corrected chi connectivity index (χ0v) is 12.7. The van der Waals surface area contributed by atoms with Gasteiger partial charge in [-0.25, -0.2) is 4.79 Å². The van der Waals surface area contributed by atoms with Crippen LogP contribution in [-0.4, -0.2) is 29.1 Å². The number of carbonyl (C=O) groups excluding carboxylic acids is 2. The van der Waals surface area contributed by atoms with Gasteiger partial charge >= 0.3 is 5.97 Å². The average molecular weight is 298 g/mol. The Hall–Kier alpha value is -2.56. The molecular weight excluding hydrogens is 280 g/mol. The van der Waals surface area contributed by atoms with Crippen molar-refractivity contribution in [2.45, 2.75) is 19.4 Å². The summed E-state index contributed by atoms with van der Waals surface area (Å²) in [7, 11) is 1.76. The van der Waals surface area contributed by atoms with Crippen molar-refractivity contribution in [3.05, 3.63) is 53.9 Å². The molecule has 0 bridgehead atoms. The van der Waals surface area contributed by atoms with Gasteiger partial charge in [-0.05, 0) is 37.1 Å². The van der Waals surface area contributed by atoms with Crippen molar-refractivity contribution in [2.75, 3.05) is 11.5 Å². The number of hydrogen-bond acceptors (Lipinski definition) is 3. The summed E-state index contributed by atoms with van der Waals surface area (Å²) < 4.78 is 6.82. The Morgan fingerprint density at radius 1 is 1.23 bits per heavy atom. The first-order valence-corrected chi connectivity index (χ1v) is 7.26. The van der Waals surface area contributed by atoms with Crippen molar-refractivity contribution in [1.82, 2.24) is 4.57 Å². The van der Waals surface area contributed by atoms with E-state index in [1.54, 1.807) is 34.8 Å². The van der Waals surface area contributed by atoms with E-state index >= 15 is 0 Å². The van der Waals surface area contributed by atoms with E-state index in [1.807, 2.05) is 31.2 Å². The number of rotatable bonds is 3. The quantitative estimate of drug-likeness (QED) is 0.816. The number of aryl methyl sites for hydroxylation is 1. The molecule has 5 nitrogen and oxygen atoms in total. The Labute approximate surface area is 129 Å². The number of esters is 1. The summed E-state index contributed by atoms with van der Waals surface area (Å²) in [5.74, 6) is -0.680. The van der Waals surface area contributed by atoms with Gasteiger partial charge in [-0.3, -0.25) is 4.79 Å². The van der Waals surface area contributed by atoms with Crippen LogP contribution in [0.5, 0.6) is 0 Å². The molecule has 0 radical (unpaired) electrons. The lowest BCUT2D eigenvalue weighted by molar-refractivity contribution is -0.122. The minimum Gasteiger partial charge on any atom is -0.451 e. The number of carbonyl (C=O) groups is 2. The first kappa shape index (κ1) is 14.4. The predicted molar refractivity (Wildman–Crippen MR) is 82.8 cm³/mol. The first-order chi connectivity index (χ1) is 10.6. The van der Waals surface area contributed by atoms with Crippen LogP contribution in [0.1, 0.15) is 23.0 Å². The van der Waals surface area contributed by atoms with Crippen molar-refractivity contribution in [3.8, 4) is 0 Å². The largest absolute Gasteiger partial charge is 0.451 e. The molecule has 1 aromatic carbocycles. The molecule has 0 N–H and O–H groups in total. The summed E-state index contributed by atoms with van der Waals surface area (Å²) in [6, 6.07) is 11.3. The number of benzene rings is 1. The molecule has 0 aliphatic carbocycles. The van der Waals surface area contributed by atoms with Gasteiger partial charge in [-0.1, -0.05) is 18.2 Å². The summed E-state index contributed by atoms with van der Waals surface area (Å²) in [6.45, 7) is 1.75. The van der Waals surface area contributed by atoms with Crippen molar-refractivity contribution in [3.63, 3.8) is 0 Å². The molecule has 0 saturated heterocycles. The Bertz CT molecular complexity index is 720. The molecule has 0 unspecified atom stereocenters. The van der Waals surface area contributed by atoms with Crippen molar-refractivity contribution in [2.24, 2.45) is 7.05 Å². The van der Waals surface area contributed by atoms with Crippen LogP contribution in [0, 0.1) is 0 Å². The van der Waals surface area contributed by atoms with Gasteiger partial charge < -0.3 is 14.2 Å². The summed E-state index contributed by atoms with van der Waals surface area (Å²) in [4.78, 5) is 26.1. The van der Waals surface area contributed by atoms with E-state index in [4.69, 9.17) is 4.74 Å². The maximum absolute atomic E-state index is 12.4. The summed E-state index contributed by atoms with van der Waals surface area (Å²) in [6.07, 6.45) is 2.59. The molecule has 22 heavy (non-hydrogen) atoms. The van der Waals surface area contributed by atoms with E-state index in [2.05, 4.69) is 0 Å². The number of hydrogen-bond donors (Lipinski definition) is 0. The van der Waals surface area contributed by atoms with Gasteiger partial charge in [-0.2, -0.15) is 0 Å². The molecule has 0 spiro atoms. The second-order valence-corrected chi connectivity index (χ2v) is 5.53. The number of aromatic nitrogens is 1. The van der Waals surface area contributed by atoms with Crippen LogP contribution >= 0.6 is 0 Å². The zero-order valence-electron chi connectivity index (χ0n) is 12.7. The lowest BCUT2D eigenvalue weighted by Gasteiger charge is -2.22. The van der Waals surface area contributed by atoms with Crippen molar-refractivity contribution >= 4 is 17.6 Å². The van der Waals surface area contributed by atoms with Gasteiger partial charge in [0.2, 0.25) is 0 Å². The molecule has 1 aliphatic heterocycles. The SMILES string of the molecule is C[C@H]1Cc2ccccc2N1C(=O)COC(=O)c1cccn1C. The molecule has 0 saturated carbocycles. The molecular formula is C17H18N2O3. The van der Waals surface area contributed by atoms with E-state index in [-0.39, 0.29) is 18.6 Å². The predicted octanol–water partition coefficient (Wildman–Crippen LogP) is 2.16. The Balaban J connectivity index is 1.68. The Morgan fingerprint density at radius 2 is 2.00 bits per heavy atom. The van der Waals surface area contributed by atoms with Crippen LogP contribution < -0.4 is 4.90 Å².